The van der Waals surface area contributed by atoms with Crippen LogP contribution in [0, 0.1) is 6.92 Å². The maximum Gasteiger partial charge on any atom is 0.350 e. The molecule has 4 aromatic rings. The molecule has 0 aromatic carbocycles. The van der Waals surface area contributed by atoms with E-state index in [2.05, 4.69) is 20.1 Å². The van der Waals surface area contributed by atoms with E-state index in [1.54, 1.807) is 48.1 Å². The highest BCUT2D eigenvalue weighted by Gasteiger charge is 2.34. The summed E-state index contributed by atoms with van der Waals surface area (Å²) < 4.78 is 5.36. The zero-order chi connectivity index (χ0) is 22.8. The molecule has 1 aliphatic rings. The van der Waals surface area contributed by atoms with Crippen LogP contribution >= 0.6 is 34.0 Å². The van der Waals surface area contributed by atoms with Gasteiger partial charge in [-0.1, -0.05) is 12.1 Å². The van der Waals surface area contributed by atoms with Crippen LogP contribution in [0.25, 0.3) is 10.8 Å². The maximum atomic E-state index is 13.0. The van der Waals surface area contributed by atoms with E-state index in [1.165, 1.54) is 5.01 Å². The standard InChI is InChI=1S/C22H17N5O3S3/c1-13-19(33-21(25-13)20-23-7-4-8-24-20)22(29)30-12-18(28)27-15(17-6-3-10-32-17)11-14(26-27)16-5-2-9-31-16/h2-10,15H,11-12H2,1H3. The lowest BCUT2D eigenvalue weighted by Gasteiger charge is -2.20. The van der Waals surface area contributed by atoms with Crippen LogP contribution in [0.2, 0.25) is 0 Å². The van der Waals surface area contributed by atoms with E-state index in [0.29, 0.717) is 27.8 Å². The van der Waals surface area contributed by atoms with Gasteiger partial charge in [-0.25, -0.2) is 24.8 Å². The van der Waals surface area contributed by atoms with Gasteiger partial charge >= 0.3 is 5.97 Å². The number of amides is 1. The van der Waals surface area contributed by atoms with Crippen molar-refractivity contribution >= 4 is 51.6 Å². The van der Waals surface area contributed by atoms with E-state index < -0.39 is 12.6 Å². The van der Waals surface area contributed by atoms with Crippen molar-refractivity contribution in [3.05, 3.63) is 73.8 Å². The van der Waals surface area contributed by atoms with E-state index in [9.17, 15) is 9.59 Å². The van der Waals surface area contributed by atoms with E-state index in [0.717, 1.165) is 26.8 Å². The lowest BCUT2D eigenvalue weighted by Crippen LogP contribution is -2.31. The molecule has 11 heteroatoms. The first-order chi connectivity index (χ1) is 16.1. The minimum Gasteiger partial charge on any atom is -0.451 e. The Balaban J connectivity index is 1.30. The Labute approximate surface area is 201 Å². The summed E-state index contributed by atoms with van der Waals surface area (Å²) in [6, 6.07) is 9.39. The SMILES string of the molecule is Cc1nc(-c2ncccn2)sc1C(=O)OCC(=O)N1N=C(c2cccs2)CC1c1cccs1. The lowest BCUT2D eigenvalue weighted by atomic mass is 10.1. The normalized spacial score (nSPS) is 15.5. The zero-order valence-electron chi connectivity index (χ0n) is 17.4. The monoisotopic (exact) mass is 495 g/mol. The van der Waals surface area contributed by atoms with Gasteiger partial charge in [0.15, 0.2) is 17.4 Å². The largest absolute Gasteiger partial charge is 0.451 e. The summed E-state index contributed by atoms with van der Waals surface area (Å²) in [6.45, 7) is 1.31. The molecule has 1 aliphatic heterocycles. The molecule has 0 N–H and O–H groups in total. The molecule has 33 heavy (non-hydrogen) atoms. The topological polar surface area (TPSA) is 97.6 Å². The predicted octanol–water partition coefficient (Wildman–Crippen LogP) is 4.57. The third-order valence-electron chi connectivity index (χ3n) is 4.91. The number of carbonyl (C=O) groups excluding carboxylic acids is 2. The average molecular weight is 496 g/mol. The minimum atomic E-state index is -0.602. The molecule has 0 saturated heterocycles. The number of nitrogens with zero attached hydrogens (tertiary/aromatic N) is 5. The Morgan fingerprint density at radius 2 is 1.91 bits per heavy atom. The third kappa shape index (κ3) is 4.47. The molecule has 0 radical (unpaired) electrons. The fraction of sp³-hybridized carbons (Fsp3) is 0.182. The molecule has 8 nitrogen and oxygen atoms in total. The Morgan fingerprint density at radius 3 is 2.64 bits per heavy atom. The summed E-state index contributed by atoms with van der Waals surface area (Å²) in [7, 11) is 0. The molecule has 5 rings (SSSR count). The highest BCUT2D eigenvalue weighted by molar-refractivity contribution is 7.17. The Morgan fingerprint density at radius 1 is 1.12 bits per heavy atom. The van der Waals surface area contributed by atoms with Crippen molar-refractivity contribution in [2.75, 3.05) is 6.61 Å². The zero-order valence-corrected chi connectivity index (χ0v) is 19.8. The molecule has 166 valence electrons. The van der Waals surface area contributed by atoms with Gasteiger partial charge in [0.25, 0.3) is 5.91 Å². The molecule has 0 aliphatic carbocycles. The molecule has 1 amide bonds. The molecule has 1 unspecified atom stereocenters. The van der Waals surface area contributed by atoms with Crippen molar-refractivity contribution in [1.29, 1.82) is 0 Å². The van der Waals surface area contributed by atoms with Crippen molar-refractivity contribution in [3.8, 4) is 10.8 Å². The average Bonchev–Trinajstić information content (AvgIpc) is 3.63. The number of aryl methyl sites for hydroxylation is 1. The second kappa shape index (κ2) is 9.30. The number of rotatable bonds is 6. The van der Waals surface area contributed by atoms with Crippen molar-refractivity contribution < 1.29 is 14.3 Å². The predicted molar refractivity (Wildman–Crippen MR) is 128 cm³/mol. The molecule has 0 bridgehead atoms. The first kappa shape index (κ1) is 21.6. The van der Waals surface area contributed by atoms with E-state index in [1.807, 2.05) is 35.0 Å². The highest BCUT2D eigenvalue weighted by Crippen LogP contribution is 2.36. The number of ether oxygens (including phenoxy) is 1. The highest BCUT2D eigenvalue weighted by atomic mass is 32.1. The second-order valence-corrected chi connectivity index (χ2v) is 10.0. The van der Waals surface area contributed by atoms with Crippen molar-refractivity contribution in [2.24, 2.45) is 5.10 Å². The first-order valence-corrected chi connectivity index (χ1v) is 12.6. The molecule has 4 aromatic heterocycles. The fourth-order valence-corrected chi connectivity index (χ4v) is 5.83. The summed E-state index contributed by atoms with van der Waals surface area (Å²) in [5.74, 6) is -0.538. The van der Waals surface area contributed by atoms with Crippen LogP contribution in [0.5, 0.6) is 0 Å². The Hall–Kier alpha value is -3.28. The van der Waals surface area contributed by atoms with Gasteiger partial charge in [0, 0.05) is 23.7 Å². The van der Waals surface area contributed by atoms with Gasteiger partial charge in [-0.3, -0.25) is 4.79 Å². The van der Waals surface area contributed by atoms with Crippen LogP contribution in [-0.2, 0) is 9.53 Å². The van der Waals surface area contributed by atoms with Gasteiger partial charge in [0.05, 0.1) is 22.3 Å². The molecule has 1 atom stereocenters. The molecule has 0 spiro atoms. The van der Waals surface area contributed by atoms with Crippen LogP contribution < -0.4 is 0 Å². The van der Waals surface area contributed by atoms with Crippen molar-refractivity contribution in [1.82, 2.24) is 20.0 Å². The number of hydrazone groups is 1. The van der Waals surface area contributed by atoms with Crippen molar-refractivity contribution in [2.45, 2.75) is 19.4 Å². The summed E-state index contributed by atoms with van der Waals surface area (Å²) >= 11 is 4.30. The molecular formula is C22H17N5O3S3. The molecular weight excluding hydrogens is 478 g/mol. The van der Waals surface area contributed by atoms with E-state index in [-0.39, 0.29) is 11.9 Å². The summed E-state index contributed by atoms with van der Waals surface area (Å²) in [5, 5.41) is 10.5. The van der Waals surface area contributed by atoms with Gasteiger partial charge in [-0.15, -0.1) is 34.0 Å². The molecule has 5 heterocycles. The van der Waals surface area contributed by atoms with Gasteiger partial charge in [-0.05, 0) is 35.9 Å². The second-order valence-electron chi connectivity index (χ2n) is 7.08. The van der Waals surface area contributed by atoms with Crippen LogP contribution in [-0.4, -0.2) is 44.2 Å². The summed E-state index contributed by atoms with van der Waals surface area (Å²) in [4.78, 5) is 40.8. The quantitative estimate of drug-likeness (QED) is 0.364. The van der Waals surface area contributed by atoms with Gasteiger partial charge in [-0.2, -0.15) is 5.10 Å². The van der Waals surface area contributed by atoms with Gasteiger partial charge in [0.1, 0.15) is 4.88 Å². The number of carbonyl (C=O) groups is 2. The van der Waals surface area contributed by atoms with Crippen molar-refractivity contribution in [3.63, 3.8) is 0 Å². The third-order valence-corrected chi connectivity index (χ3v) is 7.93. The van der Waals surface area contributed by atoms with Gasteiger partial charge in [0.2, 0.25) is 0 Å². The summed E-state index contributed by atoms with van der Waals surface area (Å²) in [5.41, 5.74) is 1.37. The fourth-order valence-electron chi connectivity index (χ4n) is 3.38. The van der Waals surface area contributed by atoms with Crippen LogP contribution in [0.4, 0.5) is 0 Å². The van der Waals surface area contributed by atoms with Gasteiger partial charge < -0.3 is 4.74 Å². The molecule has 0 saturated carbocycles. The van der Waals surface area contributed by atoms with Crippen LogP contribution in [0.15, 0.2) is 58.6 Å². The van der Waals surface area contributed by atoms with Crippen LogP contribution in [0.3, 0.4) is 0 Å². The Kier molecular flexibility index (Phi) is 6.07. The summed E-state index contributed by atoms with van der Waals surface area (Å²) in [6.07, 6.45) is 3.84. The number of thiazole rings is 1. The minimum absolute atomic E-state index is 0.208. The molecule has 0 fully saturated rings. The number of aromatic nitrogens is 3. The lowest BCUT2D eigenvalue weighted by molar-refractivity contribution is -0.136. The number of esters is 1. The maximum absolute atomic E-state index is 13.0. The van der Waals surface area contributed by atoms with E-state index >= 15 is 0 Å². The number of hydrogen-bond donors (Lipinski definition) is 0. The first-order valence-electron chi connectivity index (χ1n) is 9.99. The smallest absolute Gasteiger partial charge is 0.350 e. The van der Waals surface area contributed by atoms with E-state index in [4.69, 9.17) is 4.74 Å². The van der Waals surface area contributed by atoms with Crippen LogP contribution in [0.1, 0.15) is 37.6 Å². The number of hydrogen-bond acceptors (Lipinski definition) is 10. The number of thiophene rings is 2. The Bertz CT molecular complexity index is 1300.